The van der Waals surface area contributed by atoms with Gasteiger partial charge in [0.05, 0.1) is 4.92 Å². The van der Waals surface area contributed by atoms with Crippen LogP contribution in [0.1, 0.15) is 15.9 Å². The Kier molecular flexibility index (Phi) is 2.46. The van der Waals surface area contributed by atoms with Crippen LogP contribution in [0.15, 0.2) is 12.1 Å². The number of rotatable bonds is 2. The van der Waals surface area contributed by atoms with Crippen molar-refractivity contribution in [2.24, 2.45) is 5.73 Å². The lowest BCUT2D eigenvalue weighted by atomic mass is 10.1. The van der Waals surface area contributed by atoms with Gasteiger partial charge < -0.3 is 5.73 Å². The van der Waals surface area contributed by atoms with Gasteiger partial charge in [-0.2, -0.15) is 0 Å². The fourth-order valence-corrected chi connectivity index (χ4v) is 1.14. The molecule has 0 aliphatic rings. The summed E-state index contributed by atoms with van der Waals surface area (Å²) in [6.07, 6.45) is 0. The average Bonchev–Trinajstić information content (AvgIpc) is 2.07. The molecule has 1 rings (SSSR count). The van der Waals surface area contributed by atoms with Crippen molar-refractivity contribution < 1.29 is 14.1 Å². The summed E-state index contributed by atoms with van der Waals surface area (Å²) in [6, 6.07) is 2.20. The molecule has 0 aliphatic heterocycles. The number of primary amides is 1. The first-order chi connectivity index (χ1) is 6.45. The Morgan fingerprint density at radius 1 is 1.57 bits per heavy atom. The van der Waals surface area contributed by atoms with Crippen molar-refractivity contribution in [3.05, 3.63) is 39.2 Å². The molecule has 0 bridgehead atoms. The molecule has 0 aromatic heterocycles. The number of nitro benzene ring substituents is 1. The second kappa shape index (κ2) is 3.41. The highest BCUT2D eigenvalue weighted by molar-refractivity contribution is 5.97. The van der Waals surface area contributed by atoms with Gasteiger partial charge in [0.15, 0.2) is 5.56 Å². The molecular formula is C8H7FN2O3. The highest BCUT2D eigenvalue weighted by atomic mass is 19.1. The Hall–Kier alpha value is -1.98. The van der Waals surface area contributed by atoms with Crippen LogP contribution in [-0.4, -0.2) is 10.8 Å². The lowest BCUT2D eigenvalue weighted by molar-refractivity contribution is -0.385. The average molecular weight is 198 g/mol. The number of aryl methyl sites for hydroxylation is 1. The first-order valence-electron chi connectivity index (χ1n) is 3.68. The minimum absolute atomic E-state index is 0.199. The molecule has 0 saturated heterocycles. The molecule has 6 heteroatoms. The van der Waals surface area contributed by atoms with Gasteiger partial charge in [0.2, 0.25) is 0 Å². The lowest BCUT2D eigenvalue weighted by Gasteiger charge is -2.02. The van der Waals surface area contributed by atoms with E-state index in [4.69, 9.17) is 5.73 Å². The van der Waals surface area contributed by atoms with E-state index in [1.54, 1.807) is 0 Å². The van der Waals surface area contributed by atoms with Crippen LogP contribution in [0.25, 0.3) is 0 Å². The van der Waals surface area contributed by atoms with Gasteiger partial charge in [0.1, 0.15) is 5.82 Å². The number of hydrogen-bond acceptors (Lipinski definition) is 3. The molecule has 0 unspecified atom stereocenters. The predicted octanol–water partition coefficient (Wildman–Crippen LogP) is 1.14. The SMILES string of the molecule is Cc1ccc(F)c(C(N)=O)c1[N+](=O)[O-]. The number of carbonyl (C=O) groups is 1. The number of nitrogens with zero attached hydrogens (tertiary/aromatic N) is 1. The predicted molar refractivity (Wildman–Crippen MR) is 46.3 cm³/mol. The number of nitro groups is 1. The molecule has 5 nitrogen and oxygen atoms in total. The fourth-order valence-electron chi connectivity index (χ4n) is 1.14. The van der Waals surface area contributed by atoms with E-state index in [2.05, 4.69) is 0 Å². The van der Waals surface area contributed by atoms with Crippen LogP contribution in [0.4, 0.5) is 10.1 Å². The fraction of sp³-hybridized carbons (Fsp3) is 0.125. The molecule has 1 aromatic rings. The minimum atomic E-state index is -1.14. The van der Waals surface area contributed by atoms with Crippen LogP contribution >= 0.6 is 0 Å². The zero-order valence-electron chi connectivity index (χ0n) is 7.28. The smallest absolute Gasteiger partial charge is 0.288 e. The third-order valence-corrected chi connectivity index (χ3v) is 1.76. The minimum Gasteiger partial charge on any atom is -0.365 e. The lowest BCUT2D eigenvalue weighted by Crippen LogP contribution is -2.16. The summed E-state index contributed by atoms with van der Waals surface area (Å²) in [5.74, 6) is -2.12. The highest BCUT2D eigenvalue weighted by Crippen LogP contribution is 2.25. The normalized spacial score (nSPS) is 9.86. The molecule has 14 heavy (non-hydrogen) atoms. The van der Waals surface area contributed by atoms with Crippen LogP contribution in [-0.2, 0) is 0 Å². The second-order valence-electron chi connectivity index (χ2n) is 2.71. The van der Waals surface area contributed by atoms with E-state index in [0.29, 0.717) is 0 Å². The van der Waals surface area contributed by atoms with Gasteiger partial charge in [-0.25, -0.2) is 4.39 Å². The third-order valence-electron chi connectivity index (χ3n) is 1.76. The maximum atomic E-state index is 13.0. The number of hydrogen-bond donors (Lipinski definition) is 1. The zero-order valence-corrected chi connectivity index (χ0v) is 7.28. The van der Waals surface area contributed by atoms with Gasteiger partial charge in [-0.15, -0.1) is 0 Å². The molecule has 1 aromatic carbocycles. The highest BCUT2D eigenvalue weighted by Gasteiger charge is 2.25. The summed E-state index contributed by atoms with van der Waals surface area (Å²) in [5.41, 5.74) is 3.79. The Morgan fingerprint density at radius 3 is 2.50 bits per heavy atom. The molecule has 0 radical (unpaired) electrons. The van der Waals surface area contributed by atoms with Gasteiger partial charge in [-0.1, -0.05) is 0 Å². The summed E-state index contributed by atoms with van der Waals surface area (Å²) in [5, 5.41) is 10.5. The largest absolute Gasteiger partial charge is 0.365 e. The number of carbonyl (C=O) groups excluding carboxylic acids is 1. The summed E-state index contributed by atoms with van der Waals surface area (Å²) >= 11 is 0. The van der Waals surface area contributed by atoms with Crippen LogP contribution in [0.2, 0.25) is 0 Å². The number of benzene rings is 1. The summed E-state index contributed by atoms with van der Waals surface area (Å²) < 4.78 is 13.0. The Bertz CT molecular complexity index is 378. The van der Waals surface area contributed by atoms with Crippen molar-refractivity contribution in [2.75, 3.05) is 0 Å². The van der Waals surface area contributed by atoms with E-state index in [1.165, 1.54) is 13.0 Å². The molecule has 0 aliphatic carbocycles. The molecule has 0 heterocycles. The van der Waals surface area contributed by atoms with Crippen molar-refractivity contribution in [3.63, 3.8) is 0 Å². The molecule has 74 valence electrons. The Balaban J connectivity index is 3.58. The first kappa shape index (κ1) is 10.1. The molecule has 0 fully saturated rings. The molecular weight excluding hydrogens is 191 g/mol. The summed E-state index contributed by atoms with van der Waals surface area (Å²) in [6.45, 7) is 1.41. The van der Waals surface area contributed by atoms with Crippen LogP contribution in [0, 0.1) is 22.9 Å². The topological polar surface area (TPSA) is 86.2 Å². The van der Waals surface area contributed by atoms with Crippen molar-refractivity contribution in [2.45, 2.75) is 6.92 Å². The van der Waals surface area contributed by atoms with Gasteiger partial charge >= 0.3 is 0 Å². The van der Waals surface area contributed by atoms with E-state index < -0.39 is 27.9 Å². The Labute approximate surface area is 78.5 Å². The molecule has 1 amide bonds. The summed E-state index contributed by atoms with van der Waals surface area (Å²) in [7, 11) is 0. The van der Waals surface area contributed by atoms with E-state index in [9.17, 15) is 19.3 Å². The third kappa shape index (κ3) is 1.54. The van der Waals surface area contributed by atoms with Crippen molar-refractivity contribution in [1.82, 2.24) is 0 Å². The van der Waals surface area contributed by atoms with E-state index in [1.807, 2.05) is 0 Å². The molecule has 0 atom stereocenters. The van der Waals surface area contributed by atoms with Crippen LogP contribution in [0.3, 0.4) is 0 Å². The zero-order chi connectivity index (χ0) is 10.9. The standard InChI is InChI=1S/C8H7FN2O3/c1-4-2-3-5(9)6(8(10)12)7(4)11(13)14/h2-3H,1H3,(H2,10,12). The van der Waals surface area contributed by atoms with Crippen molar-refractivity contribution in [1.29, 1.82) is 0 Å². The monoisotopic (exact) mass is 198 g/mol. The maximum absolute atomic E-state index is 13.0. The van der Waals surface area contributed by atoms with Crippen molar-refractivity contribution in [3.8, 4) is 0 Å². The Morgan fingerprint density at radius 2 is 2.14 bits per heavy atom. The number of halogens is 1. The van der Waals surface area contributed by atoms with E-state index >= 15 is 0 Å². The van der Waals surface area contributed by atoms with Gasteiger partial charge in [-0.3, -0.25) is 14.9 Å². The van der Waals surface area contributed by atoms with Gasteiger partial charge in [-0.05, 0) is 19.1 Å². The molecule has 0 saturated carbocycles. The molecule has 2 N–H and O–H groups in total. The van der Waals surface area contributed by atoms with Gasteiger partial charge in [0.25, 0.3) is 11.6 Å². The summed E-state index contributed by atoms with van der Waals surface area (Å²) in [4.78, 5) is 20.5. The van der Waals surface area contributed by atoms with Crippen LogP contribution < -0.4 is 5.73 Å². The second-order valence-corrected chi connectivity index (χ2v) is 2.71. The quantitative estimate of drug-likeness (QED) is 0.571. The number of nitrogens with two attached hydrogens (primary N) is 1. The maximum Gasteiger partial charge on any atom is 0.288 e. The number of amides is 1. The van der Waals surface area contributed by atoms with E-state index in [-0.39, 0.29) is 5.56 Å². The van der Waals surface area contributed by atoms with E-state index in [0.717, 1.165) is 6.07 Å². The van der Waals surface area contributed by atoms with Gasteiger partial charge in [0, 0.05) is 5.56 Å². The van der Waals surface area contributed by atoms with Crippen molar-refractivity contribution >= 4 is 11.6 Å². The first-order valence-corrected chi connectivity index (χ1v) is 3.68. The van der Waals surface area contributed by atoms with Crippen LogP contribution in [0.5, 0.6) is 0 Å². The molecule has 0 spiro atoms.